The second-order valence-electron chi connectivity index (χ2n) is 7.67. The van der Waals surface area contributed by atoms with Crippen LogP contribution in [0.1, 0.15) is 37.7 Å². The van der Waals surface area contributed by atoms with Gasteiger partial charge in [-0.1, -0.05) is 18.2 Å². The second-order valence-corrected chi connectivity index (χ2v) is 7.67. The fourth-order valence-corrected chi connectivity index (χ4v) is 3.93. The Morgan fingerprint density at radius 3 is 2.62 bits per heavy atom. The van der Waals surface area contributed by atoms with Crippen molar-refractivity contribution in [2.24, 2.45) is 0 Å². The summed E-state index contributed by atoms with van der Waals surface area (Å²) in [7, 11) is 0. The molecule has 0 atom stereocenters. The molecule has 0 aliphatic carbocycles. The van der Waals surface area contributed by atoms with E-state index < -0.39 is 0 Å². The molecular weight excluding hydrogens is 402 g/mol. The predicted octanol–water partition coefficient (Wildman–Crippen LogP) is 4.05. The van der Waals surface area contributed by atoms with Crippen LogP contribution < -0.4 is 10.2 Å². The molecule has 1 aliphatic heterocycles. The van der Waals surface area contributed by atoms with Gasteiger partial charge >= 0.3 is 0 Å². The van der Waals surface area contributed by atoms with Crippen LogP contribution in [0.3, 0.4) is 0 Å². The Morgan fingerprint density at radius 1 is 0.938 bits per heavy atom. The molecule has 0 radical (unpaired) electrons. The Labute approximate surface area is 185 Å². The van der Waals surface area contributed by atoms with Crippen LogP contribution in [0.4, 0.5) is 11.5 Å². The molecule has 0 fully saturated rings. The van der Waals surface area contributed by atoms with E-state index in [2.05, 4.69) is 19.9 Å². The van der Waals surface area contributed by atoms with Crippen LogP contribution in [0, 0.1) is 6.92 Å². The zero-order valence-electron chi connectivity index (χ0n) is 17.5. The van der Waals surface area contributed by atoms with Crippen molar-refractivity contribution in [2.45, 2.75) is 20.0 Å². The third-order valence-corrected chi connectivity index (χ3v) is 5.62. The molecule has 1 aliphatic rings. The first-order chi connectivity index (χ1) is 15.6. The van der Waals surface area contributed by atoms with E-state index >= 15 is 0 Å². The van der Waals surface area contributed by atoms with E-state index in [1.165, 1.54) is 6.20 Å². The number of carbonyl (C=O) groups is 2. The number of fused-ring (bicyclic) bond motifs is 2. The normalized spacial score (nSPS) is 12.5. The number of aromatic nitrogens is 3. The van der Waals surface area contributed by atoms with Crippen LogP contribution in [-0.2, 0) is 13.1 Å². The Morgan fingerprint density at radius 2 is 1.81 bits per heavy atom. The molecule has 0 bridgehead atoms. The van der Waals surface area contributed by atoms with E-state index in [9.17, 15) is 9.59 Å². The molecule has 0 unspecified atom stereocenters. The molecular formula is C25H21N5O2. The highest BCUT2D eigenvalue weighted by molar-refractivity contribution is 6.07. The Kier molecular flexibility index (Phi) is 4.99. The fraction of sp³-hybridized carbons (Fsp3) is 0.120. The summed E-state index contributed by atoms with van der Waals surface area (Å²) in [5, 5.41) is 2.76. The summed E-state index contributed by atoms with van der Waals surface area (Å²) >= 11 is 0. The molecule has 3 aromatic heterocycles. The topological polar surface area (TPSA) is 80.1 Å². The highest BCUT2D eigenvalue weighted by Crippen LogP contribution is 2.29. The number of aryl methyl sites for hydroxylation is 1. The van der Waals surface area contributed by atoms with E-state index in [1.807, 2.05) is 42.6 Å². The van der Waals surface area contributed by atoms with Gasteiger partial charge in [-0.2, -0.15) is 0 Å². The van der Waals surface area contributed by atoms with Crippen LogP contribution in [-0.4, -0.2) is 26.3 Å². The van der Waals surface area contributed by atoms with E-state index in [0.29, 0.717) is 29.2 Å². The Bertz CT molecular complexity index is 1310. The van der Waals surface area contributed by atoms with Gasteiger partial charge in [0, 0.05) is 42.2 Å². The lowest BCUT2D eigenvalue weighted by Crippen LogP contribution is -2.30. The molecule has 1 aromatic carbocycles. The number of nitrogens with zero attached hydrogens (tertiary/aromatic N) is 4. The Balaban J connectivity index is 1.39. The van der Waals surface area contributed by atoms with Gasteiger partial charge in [0.15, 0.2) is 0 Å². The minimum Gasteiger partial charge on any atom is -0.345 e. The van der Waals surface area contributed by atoms with Crippen molar-refractivity contribution in [2.75, 3.05) is 10.2 Å². The number of amides is 2. The van der Waals surface area contributed by atoms with E-state index in [0.717, 1.165) is 23.5 Å². The molecule has 2 amide bonds. The summed E-state index contributed by atoms with van der Waals surface area (Å²) in [5.41, 5.74) is 4.62. The lowest BCUT2D eigenvalue weighted by Gasteiger charge is -2.22. The third kappa shape index (κ3) is 3.65. The number of carbonyl (C=O) groups excluding carboxylic acids is 2. The first-order valence-electron chi connectivity index (χ1n) is 10.3. The number of hydrogen-bond acceptors (Lipinski definition) is 4. The van der Waals surface area contributed by atoms with Gasteiger partial charge in [0.05, 0.1) is 17.7 Å². The maximum absolute atomic E-state index is 13.4. The van der Waals surface area contributed by atoms with Crippen molar-refractivity contribution in [3.63, 3.8) is 0 Å². The van der Waals surface area contributed by atoms with Crippen molar-refractivity contribution in [1.29, 1.82) is 0 Å². The molecule has 7 heteroatoms. The molecule has 5 rings (SSSR count). The molecule has 7 nitrogen and oxygen atoms in total. The molecule has 1 N–H and O–H groups in total. The highest BCUT2D eigenvalue weighted by atomic mass is 16.2. The summed E-state index contributed by atoms with van der Waals surface area (Å²) in [6, 6.07) is 18.7. The van der Waals surface area contributed by atoms with Crippen LogP contribution in [0.15, 0.2) is 79.3 Å². The maximum Gasteiger partial charge on any atom is 0.260 e. The van der Waals surface area contributed by atoms with E-state index in [1.54, 1.807) is 42.3 Å². The first-order valence-corrected chi connectivity index (χ1v) is 10.3. The van der Waals surface area contributed by atoms with Gasteiger partial charge in [-0.25, -0.2) is 4.98 Å². The summed E-state index contributed by atoms with van der Waals surface area (Å²) in [5.74, 6) is -0.0510. The smallest absolute Gasteiger partial charge is 0.260 e. The number of para-hydroxylation sites is 1. The summed E-state index contributed by atoms with van der Waals surface area (Å²) < 4.78 is 2.16. The summed E-state index contributed by atoms with van der Waals surface area (Å²) in [6.45, 7) is 2.97. The number of benzene rings is 1. The van der Waals surface area contributed by atoms with E-state index in [4.69, 9.17) is 0 Å². The van der Waals surface area contributed by atoms with Crippen LogP contribution in [0.25, 0.3) is 0 Å². The Hall–Kier alpha value is -4.26. The first kappa shape index (κ1) is 19.7. The van der Waals surface area contributed by atoms with Crippen LogP contribution >= 0.6 is 0 Å². The van der Waals surface area contributed by atoms with Gasteiger partial charge < -0.3 is 14.8 Å². The largest absolute Gasteiger partial charge is 0.345 e. The van der Waals surface area contributed by atoms with Gasteiger partial charge in [0.1, 0.15) is 5.82 Å². The van der Waals surface area contributed by atoms with Crippen molar-refractivity contribution in [3.8, 4) is 0 Å². The predicted molar refractivity (Wildman–Crippen MR) is 122 cm³/mol. The van der Waals surface area contributed by atoms with Crippen molar-refractivity contribution >= 4 is 23.3 Å². The minimum atomic E-state index is -0.288. The maximum atomic E-state index is 13.4. The number of anilines is 2. The quantitative estimate of drug-likeness (QED) is 0.539. The van der Waals surface area contributed by atoms with Gasteiger partial charge in [-0.15, -0.1) is 0 Å². The average Bonchev–Trinajstić information content (AvgIpc) is 3.18. The van der Waals surface area contributed by atoms with Crippen molar-refractivity contribution < 1.29 is 9.59 Å². The average molecular weight is 423 g/mol. The number of pyridine rings is 2. The van der Waals surface area contributed by atoms with Gasteiger partial charge in [0.2, 0.25) is 0 Å². The molecule has 32 heavy (non-hydrogen) atoms. The van der Waals surface area contributed by atoms with Crippen molar-refractivity contribution in [1.82, 2.24) is 14.5 Å². The monoisotopic (exact) mass is 423 g/mol. The number of nitrogens with one attached hydrogen (secondary N) is 1. The standard InChI is InChI=1S/C25H21N5O2/c1-17-21(8-4-12-26-17)24(31)28-23-11-10-18(14-27-23)25(32)30-16-20-7-5-13-29(20)15-19-6-2-3-9-22(19)30/h2-14H,15-16H2,1H3,(H,27,28,31). The molecule has 0 saturated carbocycles. The summed E-state index contributed by atoms with van der Waals surface area (Å²) in [6.07, 6.45) is 5.17. The molecule has 0 saturated heterocycles. The van der Waals surface area contributed by atoms with Crippen LogP contribution in [0.5, 0.6) is 0 Å². The zero-order valence-corrected chi connectivity index (χ0v) is 17.5. The lowest BCUT2D eigenvalue weighted by atomic mass is 10.1. The molecule has 0 spiro atoms. The third-order valence-electron chi connectivity index (χ3n) is 5.62. The molecule has 4 heterocycles. The number of hydrogen-bond donors (Lipinski definition) is 1. The second kappa shape index (κ2) is 8.11. The molecule has 158 valence electrons. The van der Waals surface area contributed by atoms with Crippen molar-refractivity contribution in [3.05, 3.63) is 107 Å². The van der Waals surface area contributed by atoms with Crippen LogP contribution in [0.2, 0.25) is 0 Å². The summed E-state index contributed by atoms with van der Waals surface area (Å²) in [4.78, 5) is 36.1. The van der Waals surface area contributed by atoms with Gasteiger partial charge in [0.25, 0.3) is 11.8 Å². The highest BCUT2D eigenvalue weighted by Gasteiger charge is 2.25. The minimum absolute atomic E-state index is 0.138. The fourth-order valence-electron chi connectivity index (χ4n) is 3.93. The number of rotatable bonds is 3. The van der Waals surface area contributed by atoms with Gasteiger partial charge in [-0.05, 0) is 55.0 Å². The van der Waals surface area contributed by atoms with Gasteiger partial charge in [-0.3, -0.25) is 14.6 Å². The van der Waals surface area contributed by atoms with E-state index in [-0.39, 0.29) is 11.8 Å². The lowest BCUT2D eigenvalue weighted by molar-refractivity contribution is 0.0983. The molecule has 4 aromatic rings. The SMILES string of the molecule is Cc1ncccc1C(=O)Nc1ccc(C(=O)N2Cc3cccn3Cc3ccccc32)cn1. The zero-order chi connectivity index (χ0) is 22.1.